The van der Waals surface area contributed by atoms with Crippen molar-refractivity contribution >= 4 is 63.5 Å². The molecular formula is C22H24N7O5S3+. The Hall–Kier alpha value is -3.40. The van der Waals surface area contributed by atoms with Crippen molar-refractivity contribution < 1.29 is 29.3 Å². The number of β-lactam (4-membered cyclic amide) rings is 1. The molecule has 2 aliphatic rings. The maximum absolute atomic E-state index is 12.9. The van der Waals surface area contributed by atoms with Crippen molar-refractivity contribution in [2.45, 2.75) is 22.9 Å². The lowest BCUT2D eigenvalue weighted by Gasteiger charge is -2.49. The van der Waals surface area contributed by atoms with Gasteiger partial charge in [0.25, 0.3) is 11.8 Å². The van der Waals surface area contributed by atoms with Gasteiger partial charge in [-0.3, -0.25) is 14.5 Å². The number of anilines is 1. The molecule has 2 aromatic rings. The van der Waals surface area contributed by atoms with Crippen LogP contribution in [0.3, 0.4) is 0 Å². The third-order valence-electron chi connectivity index (χ3n) is 5.48. The number of allylic oxidation sites excluding steroid dienone is 1. The molecule has 15 heteroatoms. The Morgan fingerprint density at radius 3 is 2.76 bits per heavy atom. The highest BCUT2D eigenvalue weighted by Crippen LogP contribution is 2.40. The summed E-state index contributed by atoms with van der Waals surface area (Å²) in [5, 5.41) is 25.6. The number of nitrogens with one attached hydrogen (secondary N) is 1. The van der Waals surface area contributed by atoms with Crippen LogP contribution in [-0.2, 0) is 20.9 Å². The van der Waals surface area contributed by atoms with Crippen LogP contribution in [0.15, 0.2) is 63.4 Å². The molecule has 194 valence electrons. The minimum absolute atomic E-state index is 0.0732. The highest BCUT2D eigenvalue weighted by molar-refractivity contribution is 8.00. The fourth-order valence-electron chi connectivity index (χ4n) is 3.76. The average molecular weight is 563 g/mol. The molecule has 2 aromatic heterocycles. The van der Waals surface area contributed by atoms with E-state index < -0.39 is 29.2 Å². The van der Waals surface area contributed by atoms with E-state index >= 15 is 0 Å². The summed E-state index contributed by atoms with van der Waals surface area (Å²) >= 11 is 4.00. The van der Waals surface area contributed by atoms with Gasteiger partial charge >= 0.3 is 5.97 Å². The van der Waals surface area contributed by atoms with Gasteiger partial charge in [-0.2, -0.15) is 0 Å². The van der Waals surface area contributed by atoms with Crippen LogP contribution in [0.5, 0.6) is 0 Å². The van der Waals surface area contributed by atoms with E-state index in [0.29, 0.717) is 23.6 Å². The quantitative estimate of drug-likeness (QED) is 0.0670. The van der Waals surface area contributed by atoms with Crippen LogP contribution in [0.1, 0.15) is 5.69 Å². The number of hydrogen-bond donors (Lipinski definition) is 5. The minimum Gasteiger partial charge on any atom is -0.477 e. The Kier molecular flexibility index (Phi) is 8.48. The van der Waals surface area contributed by atoms with Gasteiger partial charge < -0.3 is 27.1 Å². The third-order valence-corrected chi connectivity index (χ3v) is 8.42. The molecule has 0 aliphatic carbocycles. The molecule has 4 rings (SSSR count). The molecule has 0 saturated carbocycles. The summed E-state index contributed by atoms with van der Waals surface area (Å²) in [5.74, 6) is -1.64. The first-order chi connectivity index (χ1) is 17.8. The summed E-state index contributed by atoms with van der Waals surface area (Å²) < 4.78 is 1.99. The van der Waals surface area contributed by atoms with Gasteiger partial charge in [0.1, 0.15) is 22.8 Å². The molecule has 0 spiro atoms. The normalized spacial score (nSPS) is 19.6. The zero-order valence-corrected chi connectivity index (χ0v) is 21.8. The second-order valence-electron chi connectivity index (χ2n) is 7.83. The number of nitrogens with two attached hydrogens (primary N) is 2. The van der Waals surface area contributed by atoms with Crippen molar-refractivity contribution in [3.8, 4) is 0 Å². The molecule has 7 N–H and O–H groups in total. The van der Waals surface area contributed by atoms with E-state index in [2.05, 4.69) is 15.5 Å². The van der Waals surface area contributed by atoms with Gasteiger partial charge in [0.05, 0.1) is 6.54 Å². The molecule has 0 radical (unpaired) electrons. The summed E-state index contributed by atoms with van der Waals surface area (Å²) in [4.78, 5) is 43.7. The number of carboxylic acid groups (broad SMARTS) is 1. The highest BCUT2D eigenvalue weighted by Gasteiger charge is 2.54. The molecule has 1 fully saturated rings. The number of aromatic nitrogens is 2. The first kappa shape index (κ1) is 26.7. The molecule has 37 heavy (non-hydrogen) atoms. The fourth-order valence-corrected chi connectivity index (χ4v) is 6.33. The Balaban J connectivity index is 1.40. The van der Waals surface area contributed by atoms with Crippen LogP contribution in [0, 0.1) is 0 Å². The SMILES string of the molecule is NCC[n+]1ccc(SC/C=C/C2=C(C(=O)O)N3C(=O)[C@@H](NC(=O)/C(=N\O)c4csc(N)n4)[C@H]3SC2)cc1. The maximum atomic E-state index is 12.9. The van der Waals surface area contributed by atoms with Crippen molar-refractivity contribution in [2.75, 3.05) is 23.8 Å². The zero-order valence-electron chi connectivity index (χ0n) is 19.3. The number of oxime groups is 1. The second kappa shape index (κ2) is 11.8. The summed E-state index contributed by atoms with van der Waals surface area (Å²) in [6.07, 6.45) is 7.49. The van der Waals surface area contributed by atoms with E-state index in [1.807, 2.05) is 35.2 Å². The van der Waals surface area contributed by atoms with Gasteiger partial charge in [0, 0.05) is 33.9 Å². The number of rotatable bonds is 10. The smallest absolute Gasteiger partial charge is 0.352 e. The molecule has 12 nitrogen and oxygen atoms in total. The van der Waals surface area contributed by atoms with Gasteiger partial charge in [-0.1, -0.05) is 17.3 Å². The molecule has 0 aromatic carbocycles. The average Bonchev–Trinajstić information content (AvgIpc) is 3.31. The number of fused-ring (bicyclic) bond motifs is 1. The standard InChI is InChI=1S/C22H23N7O5S3/c23-5-8-28-6-3-13(4-7-28)35-9-1-2-12-10-36-20-16(19(31)29(20)17(12)21(32)33)26-18(30)15(27-34)14-11-37-22(24)25-14/h1-4,6-7,11,16,20H,5,8-10,23H2,(H4-,24,25,26,30,32,33,34)/p+1/b2-1+/t16-,20-/m1/s1. The zero-order chi connectivity index (χ0) is 26.5. The Morgan fingerprint density at radius 2 is 2.14 bits per heavy atom. The van der Waals surface area contributed by atoms with Crippen LogP contribution in [0.2, 0.25) is 0 Å². The highest BCUT2D eigenvalue weighted by atomic mass is 32.2. The van der Waals surface area contributed by atoms with Crippen molar-refractivity contribution in [3.05, 3.63) is 59.0 Å². The van der Waals surface area contributed by atoms with Gasteiger partial charge in [0.15, 0.2) is 29.8 Å². The first-order valence-electron chi connectivity index (χ1n) is 11.0. The number of amides is 2. The molecule has 0 unspecified atom stereocenters. The molecule has 0 bridgehead atoms. The van der Waals surface area contributed by atoms with Crippen molar-refractivity contribution in [1.82, 2.24) is 15.2 Å². The summed E-state index contributed by atoms with van der Waals surface area (Å²) in [6.45, 7) is 1.30. The lowest BCUT2D eigenvalue weighted by molar-refractivity contribution is -0.694. The number of thioether (sulfide) groups is 2. The lowest BCUT2D eigenvalue weighted by atomic mass is 10.0. The molecule has 2 atom stereocenters. The van der Waals surface area contributed by atoms with E-state index in [1.165, 1.54) is 22.0 Å². The van der Waals surface area contributed by atoms with Crippen LogP contribution in [-0.4, -0.2) is 73.2 Å². The molecule has 1 saturated heterocycles. The number of thiazole rings is 1. The molecule has 2 amide bonds. The Labute approximate surface area is 224 Å². The van der Waals surface area contributed by atoms with Gasteiger partial charge in [-0.25, -0.2) is 14.3 Å². The number of carbonyl (C=O) groups excluding carboxylic acids is 2. The van der Waals surface area contributed by atoms with Gasteiger partial charge in [-0.05, 0) is 5.57 Å². The maximum Gasteiger partial charge on any atom is 0.352 e. The number of pyridine rings is 1. The monoisotopic (exact) mass is 562 g/mol. The van der Waals surface area contributed by atoms with Crippen molar-refractivity contribution in [3.63, 3.8) is 0 Å². The van der Waals surface area contributed by atoms with E-state index in [-0.39, 0.29) is 22.2 Å². The van der Waals surface area contributed by atoms with Crippen molar-refractivity contribution in [1.29, 1.82) is 0 Å². The van der Waals surface area contributed by atoms with E-state index in [1.54, 1.807) is 17.8 Å². The first-order valence-corrected chi connectivity index (χ1v) is 13.9. The van der Waals surface area contributed by atoms with E-state index in [9.17, 15) is 24.7 Å². The number of nitrogen functional groups attached to an aromatic ring is 1. The third kappa shape index (κ3) is 5.79. The van der Waals surface area contributed by atoms with E-state index in [4.69, 9.17) is 11.5 Å². The molecule has 2 aliphatic heterocycles. The summed E-state index contributed by atoms with van der Waals surface area (Å²) in [7, 11) is 0. The topological polar surface area (TPSA) is 188 Å². The minimum atomic E-state index is -1.22. The number of nitrogens with zero attached hydrogens (tertiary/aromatic N) is 4. The van der Waals surface area contributed by atoms with Gasteiger partial charge in [-0.15, -0.1) is 34.9 Å². The van der Waals surface area contributed by atoms with Crippen LogP contribution in [0.4, 0.5) is 5.13 Å². The lowest BCUT2D eigenvalue weighted by Crippen LogP contribution is -2.71. The van der Waals surface area contributed by atoms with Gasteiger partial charge in [0.2, 0.25) is 0 Å². The number of hydrogen-bond acceptors (Lipinski definition) is 11. The Morgan fingerprint density at radius 1 is 1.38 bits per heavy atom. The van der Waals surface area contributed by atoms with Crippen LogP contribution >= 0.6 is 34.9 Å². The Bertz CT molecular complexity index is 1290. The number of carbonyl (C=O) groups is 3. The van der Waals surface area contributed by atoms with Crippen LogP contribution in [0.25, 0.3) is 0 Å². The largest absolute Gasteiger partial charge is 0.477 e. The van der Waals surface area contributed by atoms with E-state index in [0.717, 1.165) is 22.8 Å². The number of carboxylic acids is 1. The summed E-state index contributed by atoms with van der Waals surface area (Å²) in [5.41, 5.74) is 11.2. The van der Waals surface area contributed by atoms with Crippen LogP contribution < -0.4 is 21.4 Å². The molecular weight excluding hydrogens is 538 g/mol. The fraction of sp³-hybridized carbons (Fsp3) is 0.273. The number of aliphatic carboxylic acids is 1. The predicted molar refractivity (Wildman–Crippen MR) is 140 cm³/mol. The molecule has 4 heterocycles. The summed E-state index contributed by atoms with van der Waals surface area (Å²) in [6, 6.07) is 3.00. The predicted octanol–water partition coefficient (Wildman–Crippen LogP) is 0.237. The van der Waals surface area contributed by atoms with Crippen molar-refractivity contribution in [2.24, 2.45) is 10.9 Å². The second-order valence-corrected chi connectivity index (χ2v) is 10.9.